The second-order valence-electron chi connectivity index (χ2n) is 2.94. The molecule has 72 valence electrons. The second kappa shape index (κ2) is 4.52. The topological polar surface area (TPSA) is 40.9 Å². The number of carbonyl (C=O) groups excluding carboxylic acids is 1. The van der Waals surface area contributed by atoms with E-state index in [2.05, 4.69) is 0 Å². The van der Waals surface area contributed by atoms with Crippen molar-refractivity contribution >= 4 is 5.78 Å². The Labute approximate surface area is 82.0 Å². The van der Waals surface area contributed by atoms with Crippen molar-refractivity contribution in [2.45, 2.75) is 19.3 Å². The van der Waals surface area contributed by atoms with Crippen LogP contribution >= 0.6 is 0 Å². The molecule has 0 amide bonds. The van der Waals surface area contributed by atoms with Crippen molar-refractivity contribution in [2.24, 2.45) is 0 Å². The fraction of sp³-hybridized carbons (Fsp3) is 0.273. The Morgan fingerprint density at radius 1 is 1.64 bits per heavy atom. The first-order valence-corrected chi connectivity index (χ1v) is 4.36. The molecule has 1 rings (SSSR count). The highest BCUT2D eigenvalue weighted by molar-refractivity contribution is 5.88. The van der Waals surface area contributed by atoms with Gasteiger partial charge in [0.25, 0.3) is 0 Å². The number of hydrogen-bond acceptors (Lipinski definition) is 2. The fourth-order valence-electron chi connectivity index (χ4n) is 1.22. The Hall–Kier alpha value is -1.69. The lowest BCUT2D eigenvalue weighted by Crippen LogP contribution is -2.09. The minimum absolute atomic E-state index is 0.182. The standard InChI is InChI=1S/C11H10FNO/c1-2-11(14)10(7-13)8-4-3-5-9(12)6-8/h3-6,10H,2H2,1H3. The molecule has 14 heavy (non-hydrogen) atoms. The molecule has 0 spiro atoms. The summed E-state index contributed by atoms with van der Waals surface area (Å²) >= 11 is 0. The maximum Gasteiger partial charge on any atom is 0.154 e. The van der Waals surface area contributed by atoms with Gasteiger partial charge in [0, 0.05) is 6.42 Å². The third kappa shape index (κ3) is 2.17. The number of hydrogen-bond donors (Lipinski definition) is 0. The van der Waals surface area contributed by atoms with Crippen LogP contribution in [0.2, 0.25) is 0 Å². The van der Waals surface area contributed by atoms with Gasteiger partial charge in [-0.05, 0) is 17.7 Å². The summed E-state index contributed by atoms with van der Waals surface area (Å²) in [5.74, 6) is -1.44. The van der Waals surface area contributed by atoms with E-state index in [1.54, 1.807) is 13.0 Å². The van der Waals surface area contributed by atoms with Crippen LogP contribution in [0.4, 0.5) is 4.39 Å². The number of rotatable bonds is 3. The largest absolute Gasteiger partial charge is 0.298 e. The van der Waals surface area contributed by atoms with Crippen molar-refractivity contribution in [3.63, 3.8) is 0 Å². The molecule has 1 aromatic rings. The van der Waals surface area contributed by atoms with Gasteiger partial charge in [0.15, 0.2) is 5.78 Å². The van der Waals surface area contributed by atoms with Crippen molar-refractivity contribution in [3.8, 4) is 6.07 Å². The van der Waals surface area contributed by atoms with Crippen LogP contribution in [0, 0.1) is 17.1 Å². The SMILES string of the molecule is CCC(=O)C(C#N)c1cccc(F)c1. The van der Waals surface area contributed by atoms with Crippen molar-refractivity contribution in [2.75, 3.05) is 0 Å². The van der Waals surface area contributed by atoms with Gasteiger partial charge in [0.1, 0.15) is 11.7 Å². The predicted octanol–water partition coefficient (Wildman–Crippen LogP) is 2.41. The zero-order chi connectivity index (χ0) is 10.6. The molecule has 0 heterocycles. The molecule has 0 fully saturated rings. The van der Waals surface area contributed by atoms with Crippen LogP contribution in [-0.2, 0) is 4.79 Å². The lowest BCUT2D eigenvalue weighted by atomic mass is 9.95. The van der Waals surface area contributed by atoms with E-state index >= 15 is 0 Å². The Kier molecular flexibility index (Phi) is 3.35. The average Bonchev–Trinajstić information content (AvgIpc) is 2.19. The molecule has 0 saturated heterocycles. The molecule has 1 aromatic carbocycles. The van der Waals surface area contributed by atoms with E-state index < -0.39 is 11.7 Å². The van der Waals surface area contributed by atoms with E-state index in [-0.39, 0.29) is 12.2 Å². The number of carbonyl (C=O) groups is 1. The van der Waals surface area contributed by atoms with Gasteiger partial charge >= 0.3 is 0 Å². The minimum atomic E-state index is -0.837. The quantitative estimate of drug-likeness (QED) is 0.736. The smallest absolute Gasteiger partial charge is 0.154 e. The zero-order valence-corrected chi connectivity index (χ0v) is 7.83. The van der Waals surface area contributed by atoms with Gasteiger partial charge in [-0.3, -0.25) is 4.79 Å². The first kappa shape index (κ1) is 10.4. The highest BCUT2D eigenvalue weighted by Gasteiger charge is 2.18. The van der Waals surface area contributed by atoms with Crippen molar-refractivity contribution in [1.82, 2.24) is 0 Å². The molecular weight excluding hydrogens is 181 g/mol. The van der Waals surface area contributed by atoms with Crippen molar-refractivity contribution in [3.05, 3.63) is 35.6 Å². The molecule has 1 unspecified atom stereocenters. The molecule has 0 radical (unpaired) electrons. The van der Waals surface area contributed by atoms with E-state index in [9.17, 15) is 9.18 Å². The Bertz CT molecular complexity index is 381. The molecule has 0 bridgehead atoms. The summed E-state index contributed by atoms with van der Waals surface area (Å²) in [6.07, 6.45) is 0.286. The fourth-order valence-corrected chi connectivity index (χ4v) is 1.22. The van der Waals surface area contributed by atoms with E-state index in [0.717, 1.165) is 0 Å². The van der Waals surface area contributed by atoms with Crippen LogP contribution in [0.25, 0.3) is 0 Å². The van der Waals surface area contributed by atoms with Crippen LogP contribution < -0.4 is 0 Å². The maximum atomic E-state index is 12.8. The summed E-state index contributed by atoms with van der Waals surface area (Å²) < 4.78 is 12.8. The Morgan fingerprint density at radius 3 is 2.86 bits per heavy atom. The second-order valence-corrected chi connectivity index (χ2v) is 2.94. The molecular formula is C11H10FNO. The molecule has 0 N–H and O–H groups in total. The van der Waals surface area contributed by atoms with Gasteiger partial charge in [0.2, 0.25) is 0 Å². The minimum Gasteiger partial charge on any atom is -0.298 e. The molecule has 0 aromatic heterocycles. The predicted molar refractivity (Wildman–Crippen MR) is 50.1 cm³/mol. The summed E-state index contributed by atoms with van der Waals surface area (Å²) in [6.45, 7) is 1.69. The molecule has 0 aliphatic carbocycles. The number of Topliss-reactive ketones (excluding diaryl/α,β-unsaturated/α-hetero) is 1. The van der Waals surface area contributed by atoms with Gasteiger partial charge in [0.05, 0.1) is 6.07 Å². The van der Waals surface area contributed by atoms with Gasteiger partial charge < -0.3 is 0 Å². The van der Waals surface area contributed by atoms with Crippen LogP contribution in [0.3, 0.4) is 0 Å². The lowest BCUT2D eigenvalue weighted by Gasteiger charge is -2.06. The van der Waals surface area contributed by atoms with E-state index in [1.807, 2.05) is 6.07 Å². The van der Waals surface area contributed by atoms with Gasteiger partial charge in [-0.25, -0.2) is 4.39 Å². The van der Waals surface area contributed by atoms with Gasteiger partial charge in [-0.2, -0.15) is 5.26 Å². The van der Waals surface area contributed by atoms with Crippen molar-refractivity contribution in [1.29, 1.82) is 5.26 Å². The summed E-state index contributed by atoms with van der Waals surface area (Å²) in [6, 6.07) is 7.48. The first-order valence-electron chi connectivity index (χ1n) is 4.36. The van der Waals surface area contributed by atoms with Crippen molar-refractivity contribution < 1.29 is 9.18 Å². The zero-order valence-electron chi connectivity index (χ0n) is 7.83. The maximum absolute atomic E-state index is 12.8. The molecule has 3 heteroatoms. The van der Waals surface area contributed by atoms with E-state index in [1.165, 1.54) is 18.2 Å². The first-order chi connectivity index (χ1) is 6.69. The molecule has 0 aliphatic heterocycles. The van der Waals surface area contributed by atoms with Crippen LogP contribution in [0.15, 0.2) is 24.3 Å². The number of nitriles is 1. The van der Waals surface area contributed by atoms with Crippen LogP contribution in [0.5, 0.6) is 0 Å². The number of benzene rings is 1. The summed E-state index contributed by atoms with van der Waals surface area (Å²) in [7, 11) is 0. The summed E-state index contributed by atoms with van der Waals surface area (Å²) in [4.78, 5) is 11.3. The average molecular weight is 191 g/mol. The number of halogens is 1. The molecule has 0 aliphatic rings. The van der Waals surface area contributed by atoms with Crippen LogP contribution in [-0.4, -0.2) is 5.78 Å². The normalized spacial score (nSPS) is 11.8. The molecule has 1 atom stereocenters. The van der Waals surface area contributed by atoms with Gasteiger partial charge in [-0.15, -0.1) is 0 Å². The Morgan fingerprint density at radius 2 is 2.36 bits per heavy atom. The highest BCUT2D eigenvalue weighted by atomic mass is 19.1. The van der Waals surface area contributed by atoms with E-state index in [4.69, 9.17) is 5.26 Å². The van der Waals surface area contributed by atoms with E-state index in [0.29, 0.717) is 5.56 Å². The monoisotopic (exact) mass is 191 g/mol. The van der Waals surface area contributed by atoms with Gasteiger partial charge in [-0.1, -0.05) is 19.1 Å². The lowest BCUT2D eigenvalue weighted by molar-refractivity contribution is -0.119. The number of nitrogens with zero attached hydrogens (tertiary/aromatic N) is 1. The third-order valence-electron chi connectivity index (χ3n) is 1.98. The highest BCUT2D eigenvalue weighted by Crippen LogP contribution is 2.18. The third-order valence-corrected chi connectivity index (χ3v) is 1.98. The molecule has 0 saturated carbocycles. The summed E-state index contributed by atoms with van der Waals surface area (Å²) in [5.41, 5.74) is 0.430. The molecule has 2 nitrogen and oxygen atoms in total. The summed E-state index contributed by atoms with van der Waals surface area (Å²) in [5, 5.41) is 8.78. The number of ketones is 1. The van der Waals surface area contributed by atoms with Crippen LogP contribution in [0.1, 0.15) is 24.8 Å². The Balaban J connectivity index is 3.02.